The quantitative estimate of drug-likeness (QED) is 0.130. The summed E-state index contributed by atoms with van der Waals surface area (Å²) in [5, 5.41) is 10.4. The zero-order valence-corrected chi connectivity index (χ0v) is 21.3. The highest BCUT2D eigenvalue weighted by molar-refractivity contribution is 7.22. The van der Waals surface area contributed by atoms with Gasteiger partial charge in [0.25, 0.3) is 0 Å². The van der Waals surface area contributed by atoms with Crippen molar-refractivity contribution in [3.63, 3.8) is 0 Å². The topological polar surface area (TPSA) is 104 Å². The molecule has 0 saturated carbocycles. The fourth-order valence-electron chi connectivity index (χ4n) is 3.37. The van der Waals surface area contributed by atoms with Gasteiger partial charge in [-0.2, -0.15) is 13.2 Å². The number of alkyl halides is 3. The Morgan fingerprint density at radius 1 is 0.923 bits per heavy atom. The van der Waals surface area contributed by atoms with Gasteiger partial charge in [-0.15, -0.1) is 0 Å². The highest BCUT2D eigenvalue weighted by Crippen LogP contribution is 2.33. The van der Waals surface area contributed by atoms with Crippen LogP contribution in [0.2, 0.25) is 0 Å². The zero-order valence-electron chi connectivity index (χ0n) is 20.5. The molecule has 0 spiro atoms. The average Bonchev–Trinajstić information content (AvgIpc) is 3.27. The Balaban J connectivity index is 1.35. The van der Waals surface area contributed by atoms with Gasteiger partial charge in [-0.25, -0.2) is 19.0 Å². The highest BCUT2D eigenvalue weighted by Gasteiger charge is 2.31. The zero-order chi connectivity index (χ0) is 28.0. The standard InChI is InChI=1S/C26H23F4N5O3S/c1-2-3-12-31-23(36)35-25-34-20-11-9-18(14-22(20)39-25)38-17-7-5-16(6-8-17)32-24(37)33-21-13-15(26(28,29)30)4-10-19(21)27/h4-11,13-14H,2-3,12H2,1H3,(H2,32,33,37)(H2,31,34,35,36). The maximum absolute atomic E-state index is 13.9. The van der Waals surface area contributed by atoms with E-state index in [-0.39, 0.29) is 6.03 Å². The molecule has 8 nitrogen and oxygen atoms in total. The van der Waals surface area contributed by atoms with Crippen LogP contribution in [0.5, 0.6) is 11.5 Å². The van der Waals surface area contributed by atoms with Gasteiger partial charge in [-0.1, -0.05) is 24.7 Å². The number of ether oxygens (including phenoxy) is 1. The number of rotatable bonds is 8. The normalized spacial score (nSPS) is 11.2. The summed E-state index contributed by atoms with van der Waals surface area (Å²) in [7, 11) is 0. The third-order valence-electron chi connectivity index (χ3n) is 5.29. The highest BCUT2D eigenvalue weighted by atomic mass is 32.1. The number of nitrogens with zero attached hydrogens (tertiary/aromatic N) is 1. The van der Waals surface area contributed by atoms with Crippen LogP contribution in [-0.2, 0) is 6.18 Å². The summed E-state index contributed by atoms with van der Waals surface area (Å²) in [6.07, 6.45) is -2.81. The predicted octanol–water partition coefficient (Wildman–Crippen LogP) is 7.81. The van der Waals surface area contributed by atoms with Gasteiger partial charge in [0.1, 0.15) is 17.3 Å². The van der Waals surface area contributed by atoms with Gasteiger partial charge in [0.15, 0.2) is 5.13 Å². The number of thiazole rings is 1. The van der Waals surface area contributed by atoms with Crippen molar-refractivity contribution in [2.24, 2.45) is 0 Å². The SMILES string of the molecule is CCCCNC(=O)Nc1nc2ccc(Oc3ccc(NC(=O)Nc4cc(C(F)(F)F)ccc4F)cc3)cc2s1. The Morgan fingerprint density at radius 3 is 2.38 bits per heavy atom. The van der Waals surface area contributed by atoms with E-state index in [2.05, 4.69) is 26.3 Å². The monoisotopic (exact) mass is 561 g/mol. The van der Waals surface area contributed by atoms with E-state index in [1.54, 1.807) is 30.3 Å². The van der Waals surface area contributed by atoms with Crippen LogP contribution in [0.25, 0.3) is 10.2 Å². The molecule has 0 atom stereocenters. The fourth-order valence-corrected chi connectivity index (χ4v) is 4.26. The van der Waals surface area contributed by atoms with Gasteiger partial charge in [-0.3, -0.25) is 5.32 Å². The summed E-state index contributed by atoms with van der Waals surface area (Å²) >= 11 is 1.30. The lowest BCUT2D eigenvalue weighted by Gasteiger charge is -2.12. The molecule has 204 valence electrons. The number of amides is 4. The number of urea groups is 2. The van der Waals surface area contributed by atoms with E-state index in [1.165, 1.54) is 23.5 Å². The van der Waals surface area contributed by atoms with Gasteiger partial charge in [0, 0.05) is 18.3 Å². The average molecular weight is 562 g/mol. The number of benzene rings is 3. The van der Waals surface area contributed by atoms with E-state index >= 15 is 0 Å². The number of unbranched alkanes of at least 4 members (excludes halogenated alkanes) is 1. The first-order valence-corrected chi connectivity index (χ1v) is 12.6. The second-order valence-corrected chi connectivity index (χ2v) is 9.31. The van der Waals surface area contributed by atoms with E-state index in [0.717, 1.165) is 17.5 Å². The maximum atomic E-state index is 13.9. The number of nitrogens with one attached hydrogen (secondary N) is 4. The van der Waals surface area contributed by atoms with Crippen LogP contribution in [0.3, 0.4) is 0 Å². The van der Waals surface area contributed by atoms with Crippen LogP contribution in [0.1, 0.15) is 25.3 Å². The molecule has 4 aromatic rings. The molecule has 3 aromatic carbocycles. The first kappa shape index (κ1) is 27.6. The van der Waals surface area contributed by atoms with Gasteiger partial charge in [0.05, 0.1) is 21.5 Å². The van der Waals surface area contributed by atoms with E-state index in [0.29, 0.717) is 52.6 Å². The smallest absolute Gasteiger partial charge is 0.416 e. The van der Waals surface area contributed by atoms with Crippen LogP contribution in [0.15, 0.2) is 60.7 Å². The number of fused-ring (bicyclic) bond motifs is 1. The summed E-state index contributed by atoms with van der Waals surface area (Å²) in [4.78, 5) is 28.5. The fraction of sp³-hybridized carbons (Fsp3) is 0.192. The van der Waals surface area contributed by atoms with Crippen LogP contribution in [-0.4, -0.2) is 23.6 Å². The largest absolute Gasteiger partial charge is 0.457 e. The number of carbonyl (C=O) groups is 2. The summed E-state index contributed by atoms with van der Waals surface area (Å²) in [5.74, 6) is -0.0380. The van der Waals surface area contributed by atoms with Crippen molar-refractivity contribution in [3.8, 4) is 11.5 Å². The summed E-state index contributed by atoms with van der Waals surface area (Å²) in [5.41, 5.74) is -0.689. The Kier molecular flexibility index (Phi) is 8.49. The van der Waals surface area contributed by atoms with Crippen molar-refractivity contribution in [2.75, 3.05) is 22.5 Å². The molecule has 1 aromatic heterocycles. The van der Waals surface area contributed by atoms with Gasteiger partial charge in [0.2, 0.25) is 0 Å². The number of aromatic nitrogens is 1. The molecule has 4 amide bonds. The second kappa shape index (κ2) is 12.0. The lowest BCUT2D eigenvalue weighted by Crippen LogP contribution is -2.29. The molecule has 39 heavy (non-hydrogen) atoms. The number of hydrogen-bond donors (Lipinski definition) is 4. The molecule has 0 fully saturated rings. The minimum absolute atomic E-state index is 0.304. The molecule has 0 saturated heterocycles. The minimum atomic E-state index is -4.68. The Hall–Kier alpha value is -4.39. The number of anilines is 3. The molecule has 0 bridgehead atoms. The van der Waals surface area contributed by atoms with E-state index in [9.17, 15) is 27.2 Å². The Labute approximate surface area is 224 Å². The summed E-state index contributed by atoms with van der Waals surface area (Å²) < 4.78 is 59.1. The van der Waals surface area contributed by atoms with Crippen molar-refractivity contribution in [1.82, 2.24) is 10.3 Å². The van der Waals surface area contributed by atoms with Gasteiger partial charge >= 0.3 is 18.2 Å². The van der Waals surface area contributed by atoms with Crippen LogP contribution in [0, 0.1) is 5.82 Å². The van der Waals surface area contributed by atoms with Gasteiger partial charge in [-0.05, 0) is 61.0 Å². The van der Waals surface area contributed by atoms with Crippen molar-refractivity contribution in [2.45, 2.75) is 25.9 Å². The summed E-state index contributed by atoms with van der Waals surface area (Å²) in [6.45, 7) is 2.62. The van der Waals surface area contributed by atoms with Crippen LogP contribution in [0.4, 0.5) is 43.7 Å². The molecular weight excluding hydrogens is 538 g/mol. The molecule has 13 heteroatoms. The first-order valence-electron chi connectivity index (χ1n) is 11.8. The molecular formula is C26H23F4N5O3S. The van der Waals surface area contributed by atoms with Crippen molar-refractivity contribution in [3.05, 3.63) is 72.0 Å². The van der Waals surface area contributed by atoms with Crippen LogP contribution >= 0.6 is 11.3 Å². The van der Waals surface area contributed by atoms with Crippen LogP contribution < -0.4 is 26.0 Å². The Morgan fingerprint density at radius 2 is 1.67 bits per heavy atom. The molecule has 0 aliphatic carbocycles. The van der Waals surface area contributed by atoms with Crippen molar-refractivity contribution in [1.29, 1.82) is 0 Å². The van der Waals surface area contributed by atoms with E-state index in [4.69, 9.17) is 4.74 Å². The Bertz CT molecular complexity index is 1470. The first-order chi connectivity index (χ1) is 18.6. The van der Waals surface area contributed by atoms with Crippen molar-refractivity contribution < 1.29 is 31.9 Å². The molecule has 0 radical (unpaired) electrons. The van der Waals surface area contributed by atoms with Gasteiger partial charge < -0.3 is 20.7 Å². The van der Waals surface area contributed by atoms with Crippen molar-refractivity contribution >= 4 is 50.1 Å². The maximum Gasteiger partial charge on any atom is 0.416 e. The third-order valence-corrected chi connectivity index (χ3v) is 6.22. The van der Waals surface area contributed by atoms with E-state index < -0.39 is 29.3 Å². The number of hydrogen-bond acceptors (Lipinski definition) is 5. The molecule has 0 aliphatic heterocycles. The third kappa shape index (κ3) is 7.57. The lowest BCUT2D eigenvalue weighted by molar-refractivity contribution is -0.137. The lowest BCUT2D eigenvalue weighted by atomic mass is 10.2. The molecule has 4 N–H and O–H groups in total. The second-order valence-electron chi connectivity index (χ2n) is 8.28. The molecule has 4 rings (SSSR count). The number of carbonyl (C=O) groups excluding carboxylic acids is 2. The predicted molar refractivity (Wildman–Crippen MR) is 142 cm³/mol. The number of halogens is 4. The van der Waals surface area contributed by atoms with E-state index in [1.807, 2.05) is 6.92 Å². The molecule has 0 unspecified atom stereocenters. The summed E-state index contributed by atoms with van der Waals surface area (Å²) in [6, 6.07) is 11.9. The minimum Gasteiger partial charge on any atom is -0.457 e. The molecule has 0 aliphatic rings. The molecule has 1 heterocycles.